The maximum Gasteiger partial charge on any atom is 0.305 e. The lowest BCUT2D eigenvalue weighted by molar-refractivity contribution is -0.127. The van der Waals surface area contributed by atoms with Gasteiger partial charge in [0.1, 0.15) is 17.0 Å². The van der Waals surface area contributed by atoms with E-state index >= 15 is 0 Å². The summed E-state index contributed by atoms with van der Waals surface area (Å²) in [6.07, 6.45) is 9.66. The quantitative estimate of drug-likeness (QED) is 0.163. The lowest BCUT2D eigenvalue weighted by Gasteiger charge is -2.47. The summed E-state index contributed by atoms with van der Waals surface area (Å²) in [6, 6.07) is 3.20. The Labute approximate surface area is 273 Å². The summed E-state index contributed by atoms with van der Waals surface area (Å²) in [5, 5.41) is 26.8. The number of carbonyl (C=O) groups is 1. The molecule has 1 spiro atoms. The first-order valence-electron chi connectivity index (χ1n) is 16.6. The van der Waals surface area contributed by atoms with E-state index in [0.717, 1.165) is 61.8 Å². The van der Waals surface area contributed by atoms with E-state index in [1.54, 1.807) is 17.4 Å². The van der Waals surface area contributed by atoms with Gasteiger partial charge in [0.2, 0.25) is 0 Å². The van der Waals surface area contributed by atoms with Crippen molar-refractivity contribution < 1.29 is 19.7 Å². The zero-order chi connectivity index (χ0) is 31.8. The largest absolute Gasteiger partial charge is 0.506 e. The van der Waals surface area contributed by atoms with Crippen molar-refractivity contribution in [2.45, 2.75) is 89.3 Å². The number of unbranched alkanes of at least 4 members (excludes halogenated alkanes) is 6. The number of morpholine rings is 1. The molecule has 0 radical (unpaired) electrons. The first kappa shape index (κ1) is 34.0. The molecule has 248 valence electrons. The van der Waals surface area contributed by atoms with E-state index in [0.29, 0.717) is 53.6 Å². The number of piperidine rings is 1. The Bertz CT molecular complexity index is 1440. The number of phenolic OH excluding ortho intramolecular Hbond substituents is 1. The Kier molecular flexibility index (Phi) is 12.1. The minimum Gasteiger partial charge on any atom is -0.506 e. The van der Waals surface area contributed by atoms with E-state index in [2.05, 4.69) is 34.0 Å². The lowest BCUT2D eigenvalue weighted by atomic mass is 9.89. The molecular weight excluding hydrogens is 611 g/mol. The van der Waals surface area contributed by atoms with Crippen LogP contribution in [-0.4, -0.2) is 93.9 Å². The van der Waals surface area contributed by atoms with Crippen LogP contribution >= 0.6 is 22.7 Å². The molecule has 2 aliphatic heterocycles. The maximum absolute atomic E-state index is 13.1. The number of aliphatic hydroxyl groups excluding tert-OH is 1. The number of aromatic amines is 1. The number of thiazole rings is 2. The van der Waals surface area contributed by atoms with E-state index in [9.17, 15) is 19.8 Å². The molecule has 2 aliphatic rings. The van der Waals surface area contributed by atoms with Gasteiger partial charge in [-0.05, 0) is 44.8 Å². The first-order valence-corrected chi connectivity index (χ1v) is 18.3. The van der Waals surface area contributed by atoms with E-state index in [-0.39, 0.29) is 22.1 Å². The maximum atomic E-state index is 13.1. The molecular formula is C33H49N5O5S2. The van der Waals surface area contributed by atoms with Crippen LogP contribution in [0, 0.1) is 0 Å². The third kappa shape index (κ3) is 8.93. The lowest BCUT2D eigenvalue weighted by Crippen LogP contribution is -2.58. The summed E-state index contributed by atoms with van der Waals surface area (Å²) in [5.74, 6) is 0.408. The van der Waals surface area contributed by atoms with Crippen LogP contribution in [0.15, 0.2) is 22.3 Å². The Balaban J connectivity index is 0.891. The molecule has 3 aromatic rings. The fourth-order valence-corrected chi connectivity index (χ4v) is 8.16. The smallest absolute Gasteiger partial charge is 0.305 e. The Hall–Kier alpha value is -2.35. The first-order chi connectivity index (χ1) is 21.7. The second kappa shape index (κ2) is 16.0. The molecule has 1 amide bonds. The topological polar surface area (TPSA) is 131 Å². The SMILES string of the molecule is CC(C)c1nc(C(=O)N2CCOC3(CCN(CCCCCCCCCNC[C@H](O)c4ccc(O)c5[nH]c(=O)sc45)CC3)C2)cs1. The van der Waals surface area contributed by atoms with Gasteiger partial charge in [0.05, 0.1) is 34.6 Å². The van der Waals surface area contributed by atoms with Crippen molar-refractivity contribution in [3.63, 3.8) is 0 Å². The predicted octanol–water partition coefficient (Wildman–Crippen LogP) is 5.24. The number of hydrogen-bond donors (Lipinski definition) is 4. The molecule has 2 saturated heterocycles. The monoisotopic (exact) mass is 659 g/mol. The van der Waals surface area contributed by atoms with Gasteiger partial charge in [-0.15, -0.1) is 11.3 Å². The number of fused-ring (bicyclic) bond motifs is 1. The Morgan fingerprint density at radius 2 is 1.84 bits per heavy atom. The number of hydrogen-bond acceptors (Lipinski definition) is 10. The Morgan fingerprint density at radius 1 is 1.11 bits per heavy atom. The van der Waals surface area contributed by atoms with Crippen LogP contribution in [0.3, 0.4) is 0 Å². The third-order valence-electron chi connectivity index (χ3n) is 9.15. The third-order valence-corrected chi connectivity index (χ3v) is 11.2. The van der Waals surface area contributed by atoms with Crippen molar-refractivity contribution in [1.82, 2.24) is 25.1 Å². The van der Waals surface area contributed by atoms with Crippen molar-refractivity contribution in [1.29, 1.82) is 0 Å². The van der Waals surface area contributed by atoms with Crippen LogP contribution < -0.4 is 10.2 Å². The molecule has 4 N–H and O–H groups in total. The van der Waals surface area contributed by atoms with Crippen LogP contribution in [0.25, 0.3) is 10.2 Å². The van der Waals surface area contributed by atoms with Crippen LogP contribution in [0.2, 0.25) is 0 Å². The highest BCUT2D eigenvalue weighted by Crippen LogP contribution is 2.32. The van der Waals surface area contributed by atoms with Crippen molar-refractivity contribution in [2.24, 2.45) is 0 Å². The predicted molar refractivity (Wildman–Crippen MR) is 181 cm³/mol. The molecule has 0 bridgehead atoms. The molecule has 2 aromatic heterocycles. The van der Waals surface area contributed by atoms with E-state index < -0.39 is 6.10 Å². The minimum absolute atomic E-state index is 0.0248. The molecule has 5 rings (SSSR count). The molecule has 0 saturated carbocycles. The van der Waals surface area contributed by atoms with Gasteiger partial charge < -0.3 is 35.1 Å². The highest BCUT2D eigenvalue weighted by molar-refractivity contribution is 7.16. The van der Waals surface area contributed by atoms with Gasteiger partial charge in [-0.25, -0.2) is 4.98 Å². The summed E-state index contributed by atoms with van der Waals surface area (Å²) in [6.45, 7) is 10.6. The fraction of sp³-hybridized carbons (Fsp3) is 0.667. The molecule has 1 aromatic carbocycles. The van der Waals surface area contributed by atoms with E-state index in [4.69, 9.17) is 4.74 Å². The van der Waals surface area contributed by atoms with Crippen molar-refractivity contribution >= 4 is 38.8 Å². The van der Waals surface area contributed by atoms with Gasteiger partial charge in [-0.1, -0.05) is 63.4 Å². The number of phenols is 1. The number of rotatable bonds is 15. The van der Waals surface area contributed by atoms with Crippen molar-refractivity contribution in [3.05, 3.63) is 43.4 Å². The van der Waals surface area contributed by atoms with Gasteiger partial charge in [-0.3, -0.25) is 9.59 Å². The molecule has 4 heterocycles. The molecule has 1 atom stereocenters. The molecule has 0 unspecified atom stereocenters. The number of ether oxygens (including phenoxy) is 1. The number of nitrogens with zero attached hydrogens (tertiary/aromatic N) is 3. The number of H-pyrrole nitrogens is 1. The van der Waals surface area contributed by atoms with Crippen LogP contribution in [-0.2, 0) is 4.74 Å². The standard InChI is InChI=1S/C33H49N5O5S2/c1-23(2)30-35-25(21-44-30)31(41)38-18-19-43-33(22-38)12-16-37(17-13-33)15-9-7-5-3-4-6-8-14-34-20-27(40)24-10-11-26(39)28-29(24)45-32(42)36-28/h10-11,21,23,27,34,39-40H,3-9,12-20,22H2,1-2H3,(H,36,42)/t27-/m0/s1. The Morgan fingerprint density at radius 3 is 2.58 bits per heavy atom. The summed E-state index contributed by atoms with van der Waals surface area (Å²) in [5.41, 5.74) is 1.43. The molecule has 0 aliphatic carbocycles. The average molecular weight is 660 g/mol. The number of aromatic hydroxyl groups is 1. The zero-order valence-electron chi connectivity index (χ0n) is 26.7. The van der Waals surface area contributed by atoms with E-state index in [1.807, 2.05) is 10.3 Å². The highest BCUT2D eigenvalue weighted by Gasteiger charge is 2.41. The number of aromatic nitrogens is 2. The van der Waals surface area contributed by atoms with Crippen LogP contribution in [0.4, 0.5) is 0 Å². The molecule has 10 nitrogen and oxygen atoms in total. The second-order valence-corrected chi connectivity index (χ2v) is 14.8. The second-order valence-electron chi connectivity index (χ2n) is 12.9. The van der Waals surface area contributed by atoms with Crippen LogP contribution in [0.1, 0.15) is 105 Å². The highest BCUT2D eigenvalue weighted by atomic mass is 32.1. The average Bonchev–Trinajstić information content (AvgIpc) is 3.68. The van der Waals surface area contributed by atoms with Crippen LogP contribution in [0.5, 0.6) is 5.75 Å². The number of carbonyl (C=O) groups excluding carboxylic acids is 1. The van der Waals surface area contributed by atoms with Gasteiger partial charge in [0, 0.05) is 43.0 Å². The summed E-state index contributed by atoms with van der Waals surface area (Å²) in [7, 11) is 0. The molecule has 2 fully saturated rings. The van der Waals surface area contributed by atoms with Crippen molar-refractivity contribution in [2.75, 3.05) is 52.4 Å². The summed E-state index contributed by atoms with van der Waals surface area (Å²) < 4.78 is 6.91. The fourth-order valence-electron chi connectivity index (χ4n) is 6.44. The normalized spacial score (nSPS) is 17.9. The number of likely N-dealkylation sites (tertiary alicyclic amines) is 1. The van der Waals surface area contributed by atoms with Gasteiger partial charge in [-0.2, -0.15) is 0 Å². The van der Waals surface area contributed by atoms with Crippen molar-refractivity contribution in [3.8, 4) is 5.75 Å². The number of benzene rings is 1. The zero-order valence-corrected chi connectivity index (χ0v) is 28.3. The van der Waals surface area contributed by atoms with Gasteiger partial charge in [0.15, 0.2) is 0 Å². The number of nitrogens with one attached hydrogen (secondary N) is 2. The summed E-state index contributed by atoms with van der Waals surface area (Å²) >= 11 is 2.59. The summed E-state index contributed by atoms with van der Waals surface area (Å²) in [4.78, 5) is 36.3. The molecule has 12 heteroatoms. The number of aliphatic hydroxyl groups is 1. The van der Waals surface area contributed by atoms with Gasteiger partial charge >= 0.3 is 4.87 Å². The molecule has 45 heavy (non-hydrogen) atoms. The minimum atomic E-state index is -0.730. The van der Waals surface area contributed by atoms with E-state index in [1.165, 1.54) is 44.6 Å². The van der Waals surface area contributed by atoms with Gasteiger partial charge in [0.25, 0.3) is 5.91 Å². The number of amides is 1.